The number of rotatable bonds is 2. The maximum atomic E-state index is 12.3. The standard InChI is InChI=1S/C14H22ClN3O/c1-8-6-5-7-11(9(8)2)16-14(19)13-12(15)10(3)18(4)17-13/h8-9,11H,5-7H2,1-4H3,(H,16,19)/t8-,9+,11+/m1/s1. The molecule has 0 unspecified atom stereocenters. The normalized spacial score (nSPS) is 27.3. The molecule has 1 heterocycles. The van der Waals surface area contributed by atoms with E-state index in [1.165, 1.54) is 12.8 Å². The number of aromatic nitrogens is 2. The van der Waals surface area contributed by atoms with Crippen LogP contribution in [0.5, 0.6) is 0 Å². The van der Waals surface area contributed by atoms with Crippen molar-refractivity contribution < 1.29 is 4.79 Å². The van der Waals surface area contributed by atoms with Gasteiger partial charge in [0.05, 0.1) is 10.7 Å². The Bertz CT molecular complexity index is 483. The average molecular weight is 284 g/mol. The number of aryl methyl sites for hydroxylation is 1. The fourth-order valence-corrected chi connectivity index (χ4v) is 3.00. The molecule has 0 saturated heterocycles. The lowest BCUT2D eigenvalue weighted by atomic mass is 9.78. The third-order valence-electron chi connectivity index (χ3n) is 4.50. The minimum Gasteiger partial charge on any atom is -0.348 e. The van der Waals surface area contributed by atoms with Crippen LogP contribution in [0.25, 0.3) is 0 Å². The molecule has 4 nitrogen and oxygen atoms in total. The van der Waals surface area contributed by atoms with E-state index in [1.807, 2.05) is 6.92 Å². The van der Waals surface area contributed by atoms with Gasteiger partial charge in [-0.3, -0.25) is 9.48 Å². The van der Waals surface area contributed by atoms with E-state index in [4.69, 9.17) is 11.6 Å². The lowest BCUT2D eigenvalue weighted by Gasteiger charge is -2.34. The van der Waals surface area contributed by atoms with E-state index in [0.29, 0.717) is 22.6 Å². The summed E-state index contributed by atoms with van der Waals surface area (Å²) in [4.78, 5) is 12.3. The lowest BCUT2D eigenvalue weighted by molar-refractivity contribution is 0.0885. The van der Waals surface area contributed by atoms with Gasteiger partial charge in [-0.1, -0.05) is 38.3 Å². The quantitative estimate of drug-likeness (QED) is 0.907. The number of hydrogen-bond acceptors (Lipinski definition) is 2. The Labute approximate surface area is 119 Å². The van der Waals surface area contributed by atoms with Gasteiger partial charge in [-0.2, -0.15) is 5.10 Å². The Morgan fingerprint density at radius 1 is 1.42 bits per heavy atom. The Kier molecular flexibility index (Phi) is 4.19. The summed E-state index contributed by atoms with van der Waals surface area (Å²) >= 11 is 6.15. The summed E-state index contributed by atoms with van der Waals surface area (Å²) in [5, 5.41) is 7.74. The van der Waals surface area contributed by atoms with Crippen LogP contribution in [-0.2, 0) is 7.05 Å². The molecule has 19 heavy (non-hydrogen) atoms. The van der Waals surface area contributed by atoms with Gasteiger partial charge in [0.15, 0.2) is 5.69 Å². The van der Waals surface area contributed by atoms with E-state index in [2.05, 4.69) is 24.3 Å². The van der Waals surface area contributed by atoms with Crippen LogP contribution < -0.4 is 5.32 Å². The summed E-state index contributed by atoms with van der Waals surface area (Å²) in [5.74, 6) is 1.00. The van der Waals surface area contributed by atoms with Crippen LogP contribution in [0.3, 0.4) is 0 Å². The van der Waals surface area contributed by atoms with Gasteiger partial charge in [0.1, 0.15) is 0 Å². The van der Waals surface area contributed by atoms with Crippen LogP contribution in [-0.4, -0.2) is 21.7 Å². The first-order valence-corrected chi connectivity index (χ1v) is 7.29. The monoisotopic (exact) mass is 283 g/mol. The van der Waals surface area contributed by atoms with E-state index in [-0.39, 0.29) is 11.9 Å². The zero-order chi connectivity index (χ0) is 14.2. The first-order valence-electron chi connectivity index (χ1n) is 6.91. The average Bonchev–Trinajstić information content (AvgIpc) is 2.63. The molecule has 0 spiro atoms. The highest BCUT2D eigenvalue weighted by molar-refractivity contribution is 6.34. The molecule has 3 atom stereocenters. The van der Waals surface area contributed by atoms with Crippen molar-refractivity contribution in [1.82, 2.24) is 15.1 Å². The van der Waals surface area contributed by atoms with Crippen LogP contribution in [0.1, 0.15) is 49.3 Å². The third-order valence-corrected chi connectivity index (χ3v) is 4.95. The summed E-state index contributed by atoms with van der Waals surface area (Å²) in [5.41, 5.74) is 1.16. The van der Waals surface area contributed by atoms with Crippen molar-refractivity contribution in [2.45, 2.75) is 46.1 Å². The topological polar surface area (TPSA) is 46.9 Å². The van der Waals surface area contributed by atoms with Gasteiger partial charge < -0.3 is 5.32 Å². The number of nitrogens with one attached hydrogen (secondary N) is 1. The van der Waals surface area contributed by atoms with Crippen LogP contribution in [0.15, 0.2) is 0 Å². The zero-order valence-electron chi connectivity index (χ0n) is 12.0. The predicted molar refractivity (Wildman–Crippen MR) is 76.4 cm³/mol. The van der Waals surface area contributed by atoms with Gasteiger partial charge in [0, 0.05) is 13.1 Å². The molecule has 1 aromatic heterocycles. The Morgan fingerprint density at radius 3 is 2.68 bits per heavy atom. The fraction of sp³-hybridized carbons (Fsp3) is 0.714. The molecule has 1 aromatic rings. The molecular formula is C14H22ClN3O. The van der Waals surface area contributed by atoms with Crippen molar-refractivity contribution in [3.8, 4) is 0 Å². The Balaban J connectivity index is 2.10. The van der Waals surface area contributed by atoms with Gasteiger partial charge in [-0.05, 0) is 25.2 Å². The van der Waals surface area contributed by atoms with Gasteiger partial charge in [-0.25, -0.2) is 0 Å². The van der Waals surface area contributed by atoms with Gasteiger partial charge in [-0.15, -0.1) is 0 Å². The molecule has 0 aromatic carbocycles. The minimum atomic E-state index is -0.153. The molecule has 5 heteroatoms. The highest BCUT2D eigenvalue weighted by atomic mass is 35.5. The van der Waals surface area contributed by atoms with Crippen molar-refractivity contribution in [2.75, 3.05) is 0 Å². The van der Waals surface area contributed by atoms with Crippen molar-refractivity contribution in [3.05, 3.63) is 16.4 Å². The molecule has 0 radical (unpaired) electrons. The fourth-order valence-electron chi connectivity index (χ4n) is 2.75. The first kappa shape index (κ1) is 14.4. The molecule has 106 valence electrons. The van der Waals surface area contributed by atoms with Crippen LogP contribution in [0.4, 0.5) is 0 Å². The number of hydrogen-bond donors (Lipinski definition) is 1. The molecule has 1 saturated carbocycles. The Hall–Kier alpha value is -1.03. The van der Waals surface area contributed by atoms with Crippen LogP contribution >= 0.6 is 11.6 Å². The van der Waals surface area contributed by atoms with Crippen molar-refractivity contribution in [2.24, 2.45) is 18.9 Å². The summed E-state index contributed by atoms with van der Waals surface area (Å²) in [6.07, 6.45) is 3.46. The largest absolute Gasteiger partial charge is 0.348 e. The number of amides is 1. The lowest BCUT2D eigenvalue weighted by Crippen LogP contribution is -2.43. The van der Waals surface area contributed by atoms with Crippen molar-refractivity contribution >= 4 is 17.5 Å². The van der Waals surface area contributed by atoms with Crippen LogP contribution in [0, 0.1) is 18.8 Å². The summed E-state index contributed by atoms with van der Waals surface area (Å²) in [6, 6.07) is 0.231. The zero-order valence-corrected chi connectivity index (χ0v) is 12.8. The predicted octanol–water partition coefficient (Wildman–Crippen LogP) is 2.94. The Morgan fingerprint density at radius 2 is 2.11 bits per heavy atom. The SMILES string of the molecule is Cc1c(Cl)c(C(=O)N[C@H]2CCC[C@@H](C)[C@@H]2C)nn1C. The number of halogens is 1. The molecule has 0 bridgehead atoms. The summed E-state index contributed by atoms with van der Waals surface area (Å²) in [7, 11) is 1.79. The molecular weight excluding hydrogens is 262 g/mol. The van der Waals surface area contributed by atoms with E-state index >= 15 is 0 Å². The number of carbonyl (C=O) groups is 1. The van der Waals surface area contributed by atoms with Crippen molar-refractivity contribution in [3.63, 3.8) is 0 Å². The highest BCUT2D eigenvalue weighted by Gasteiger charge is 2.29. The molecule has 0 aliphatic heterocycles. The molecule has 1 N–H and O–H groups in total. The van der Waals surface area contributed by atoms with Crippen molar-refractivity contribution in [1.29, 1.82) is 0 Å². The van der Waals surface area contributed by atoms with Gasteiger partial charge in [0.25, 0.3) is 5.91 Å². The highest BCUT2D eigenvalue weighted by Crippen LogP contribution is 2.30. The maximum Gasteiger partial charge on any atom is 0.273 e. The summed E-state index contributed by atoms with van der Waals surface area (Å²) in [6.45, 7) is 6.32. The second kappa shape index (κ2) is 5.53. The smallest absolute Gasteiger partial charge is 0.273 e. The van der Waals surface area contributed by atoms with Crippen LogP contribution in [0.2, 0.25) is 5.02 Å². The molecule has 2 rings (SSSR count). The third kappa shape index (κ3) is 2.78. The van der Waals surface area contributed by atoms with E-state index in [9.17, 15) is 4.79 Å². The van der Waals surface area contributed by atoms with Gasteiger partial charge >= 0.3 is 0 Å². The first-order chi connectivity index (χ1) is 8.91. The molecule has 1 amide bonds. The number of carbonyl (C=O) groups excluding carboxylic acids is 1. The molecule has 1 aliphatic carbocycles. The van der Waals surface area contributed by atoms with E-state index in [1.54, 1.807) is 11.7 Å². The summed E-state index contributed by atoms with van der Waals surface area (Å²) < 4.78 is 1.64. The maximum absolute atomic E-state index is 12.3. The van der Waals surface area contributed by atoms with E-state index in [0.717, 1.165) is 12.1 Å². The second-order valence-corrected chi connectivity index (χ2v) is 6.10. The van der Waals surface area contributed by atoms with E-state index < -0.39 is 0 Å². The minimum absolute atomic E-state index is 0.153. The molecule has 1 fully saturated rings. The van der Waals surface area contributed by atoms with Gasteiger partial charge in [0.2, 0.25) is 0 Å². The second-order valence-electron chi connectivity index (χ2n) is 5.72. The molecule has 1 aliphatic rings. The number of nitrogens with zero attached hydrogens (tertiary/aromatic N) is 2.